The molecule has 2 aromatic carbocycles. The molecule has 0 unspecified atom stereocenters. The summed E-state index contributed by atoms with van der Waals surface area (Å²) in [7, 11) is 0. The fraction of sp³-hybridized carbons (Fsp3) is 0.222. The van der Waals surface area contributed by atoms with Crippen molar-refractivity contribution in [1.29, 1.82) is 0 Å². The number of aryl methyl sites for hydroxylation is 2. The summed E-state index contributed by atoms with van der Waals surface area (Å²) >= 11 is 0. The third-order valence-electron chi connectivity index (χ3n) is 3.56. The van der Waals surface area contributed by atoms with Crippen LogP contribution in [-0.4, -0.2) is 11.2 Å². The second-order valence-corrected chi connectivity index (χ2v) is 5.01. The first kappa shape index (κ1) is 12.8. The Labute approximate surface area is 119 Å². The van der Waals surface area contributed by atoms with Gasteiger partial charge in [0.15, 0.2) is 0 Å². The smallest absolute Gasteiger partial charge is 0.119 e. The highest BCUT2D eigenvalue weighted by atomic mass is 16.5. The molecule has 0 radical (unpaired) electrons. The van der Waals surface area contributed by atoms with Crippen LogP contribution in [-0.2, 0) is 6.54 Å². The van der Waals surface area contributed by atoms with Crippen molar-refractivity contribution >= 4 is 10.9 Å². The molecular weight excluding hydrogens is 246 g/mol. The van der Waals surface area contributed by atoms with Gasteiger partial charge in [0.1, 0.15) is 5.75 Å². The van der Waals surface area contributed by atoms with Gasteiger partial charge in [0, 0.05) is 17.8 Å². The summed E-state index contributed by atoms with van der Waals surface area (Å²) in [5.74, 6) is 0.946. The second-order valence-electron chi connectivity index (χ2n) is 5.01. The maximum Gasteiger partial charge on any atom is 0.119 e. The predicted octanol–water partition coefficient (Wildman–Crippen LogP) is 4.42. The van der Waals surface area contributed by atoms with E-state index in [1.807, 2.05) is 30.3 Å². The van der Waals surface area contributed by atoms with Gasteiger partial charge < -0.3 is 9.30 Å². The molecule has 0 aliphatic heterocycles. The molecule has 0 N–H and O–H groups in total. The van der Waals surface area contributed by atoms with Crippen LogP contribution in [0.15, 0.2) is 60.7 Å². The van der Waals surface area contributed by atoms with Gasteiger partial charge in [0.2, 0.25) is 0 Å². The molecule has 20 heavy (non-hydrogen) atoms. The van der Waals surface area contributed by atoms with E-state index in [1.165, 1.54) is 16.6 Å². The number of benzene rings is 2. The van der Waals surface area contributed by atoms with Crippen molar-refractivity contribution in [2.24, 2.45) is 0 Å². The van der Waals surface area contributed by atoms with Crippen molar-refractivity contribution in [2.75, 3.05) is 6.61 Å². The molecule has 2 nitrogen and oxygen atoms in total. The van der Waals surface area contributed by atoms with Gasteiger partial charge in [-0.1, -0.05) is 36.4 Å². The maximum atomic E-state index is 5.74. The summed E-state index contributed by atoms with van der Waals surface area (Å²) in [6.07, 6.45) is 1.01. The van der Waals surface area contributed by atoms with E-state index in [0.29, 0.717) is 0 Å². The van der Waals surface area contributed by atoms with Gasteiger partial charge >= 0.3 is 0 Å². The minimum atomic E-state index is 0.746. The van der Waals surface area contributed by atoms with Crippen molar-refractivity contribution in [3.05, 3.63) is 66.4 Å². The monoisotopic (exact) mass is 265 g/mol. The molecule has 0 aliphatic carbocycles. The van der Waals surface area contributed by atoms with Crippen LogP contribution in [0.2, 0.25) is 0 Å². The Balaban J connectivity index is 1.61. The summed E-state index contributed by atoms with van der Waals surface area (Å²) in [5.41, 5.74) is 2.62. The van der Waals surface area contributed by atoms with Crippen LogP contribution in [0.4, 0.5) is 0 Å². The molecule has 0 spiro atoms. The fourth-order valence-electron chi connectivity index (χ4n) is 2.57. The SMILES string of the molecule is Cc1cc2ccccc2n1CCCOc1ccccc1. The number of aromatic nitrogens is 1. The van der Waals surface area contributed by atoms with Crippen molar-refractivity contribution in [1.82, 2.24) is 4.57 Å². The predicted molar refractivity (Wildman–Crippen MR) is 83.2 cm³/mol. The van der Waals surface area contributed by atoms with Crippen LogP contribution in [0, 0.1) is 6.92 Å². The average molecular weight is 265 g/mol. The number of nitrogens with zero attached hydrogens (tertiary/aromatic N) is 1. The Morgan fingerprint density at radius 1 is 0.950 bits per heavy atom. The number of para-hydroxylation sites is 2. The van der Waals surface area contributed by atoms with Crippen molar-refractivity contribution in [3.8, 4) is 5.75 Å². The van der Waals surface area contributed by atoms with Crippen LogP contribution in [0.1, 0.15) is 12.1 Å². The zero-order valence-electron chi connectivity index (χ0n) is 11.8. The first-order chi connectivity index (χ1) is 9.84. The van der Waals surface area contributed by atoms with E-state index in [4.69, 9.17) is 4.74 Å². The van der Waals surface area contributed by atoms with Crippen molar-refractivity contribution < 1.29 is 4.74 Å². The molecule has 0 saturated carbocycles. The number of rotatable bonds is 5. The van der Waals surface area contributed by atoms with Crippen LogP contribution in [0.3, 0.4) is 0 Å². The molecule has 1 aromatic heterocycles. The number of hydrogen-bond donors (Lipinski definition) is 0. The van der Waals surface area contributed by atoms with E-state index in [9.17, 15) is 0 Å². The zero-order chi connectivity index (χ0) is 13.8. The largest absolute Gasteiger partial charge is 0.494 e. The normalized spacial score (nSPS) is 10.8. The molecular formula is C18H19NO. The highest BCUT2D eigenvalue weighted by Gasteiger charge is 2.04. The molecule has 3 rings (SSSR count). The van der Waals surface area contributed by atoms with Crippen LogP contribution < -0.4 is 4.74 Å². The third kappa shape index (κ3) is 2.69. The van der Waals surface area contributed by atoms with Crippen LogP contribution in [0.25, 0.3) is 10.9 Å². The Morgan fingerprint density at radius 2 is 1.70 bits per heavy atom. The summed E-state index contributed by atoms with van der Waals surface area (Å²) in [6.45, 7) is 3.90. The molecule has 0 amide bonds. The Hall–Kier alpha value is -2.22. The highest BCUT2D eigenvalue weighted by molar-refractivity contribution is 5.81. The van der Waals surface area contributed by atoms with E-state index in [1.54, 1.807) is 0 Å². The van der Waals surface area contributed by atoms with Gasteiger partial charge in [-0.05, 0) is 43.0 Å². The second kappa shape index (κ2) is 5.83. The number of hydrogen-bond acceptors (Lipinski definition) is 1. The van der Waals surface area contributed by atoms with E-state index >= 15 is 0 Å². The molecule has 1 heterocycles. The molecule has 0 bridgehead atoms. The van der Waals surface area contributed by atoms with Gasteiger partial charge in [-0.3, -0.25) is 0 Å². The first-order valence-electron chi connectivity index (χ1n) is 7.07. The number of fused-ring (bicyclic) bond motifs is 1. The first-order valence-corrected chi connectivity index (χ1v) is 7.07. The minimum absolute atomic E-state index is 0.746. The van der Waals surface area contributed by atoms with E-state index in [0.717, 1.165) is 25.3 Å². The van der Waals surface area contributed by atoms with Gasteiger partial charge in [-0.15, -0.1) is 0 Å². The van der Waals surface area contributed by atoms with Gasteiger partial charge in [-0.2, -0.15) is 0 Å². The van der Waals surface area contributed by atoms with Gasteiger partial charge in [-0.25, -0.2) is 0 Å². The molecule has 3 aromatic rings. The third-order valence-corrected chi connectivity index (χ3v) is 3.56. The zero-order valence-corrected chi connectivity index (χ0v) is 11.8. The summed E-state index contributed by atoms with van der Waals surface area (Å²) < 4.78 is 8.11. The summed E-state index contributed by atoms with van der Waals surface area (Å²) in [5, 5.41) is 1.31. The fourth-order valence-corrected chi connectivity index (χ4v) is 2.57. The summed E-state index contributed by atoms with van der Waals surface area (Å²) in [6, 6.07) is 20.8. The lowest BCUT2D eigenvalue weighted by molar-refractivity contribution is 0.302. The van der Waals surface area contributed by atoms with Crippen molar-refractivity contribution in [3.63, 3.8) is 0 Å². The molecule has 102 valence electrons. The average Bonchev–Trinajstić information content (AvgIpc) is 2.80. The van der Waals surface area contributed by atoms with E-state index in [-0.39, 0.29) is 0 Å². The number of ether oxygens (including phenoxy) is 1. The Kier molecular flexibility index (Phi) is 3.73. The minimum Gasteiger partial charge on any atom is -0.494 e. The lowest BCUT2D eigenvalue weighted by Crippen LogP contribution is -2.05. The standard InChI is InChI=1S/C18H19NO/c1-15-14-16-8-5-6-11-18(16)19(15)12-7-13-20-17-9-3-2-4-10-17/h2-6,8-11,14H,7,12-13H2,1H3. The molecule has 2 heteroatoms. The van der Waals surface area contributed by atoms with Crippen LogP contribution in [0.5, 0.6) is 5.75 Å². The molecule has 0 saturated heterocycles. The van der Waals surface area contributed by atoms with E-state index < -0.39 is 0 Å². The maximum absolute atomic E-state index is 5.74. The van der Waals surface area contributed by atoms with Gasteiger partial charge in [0.05, 0.1) is 6.61 Å². The topological polar surface area (TPSA) is 14.2 Å². The molecule has 0 fully saturated rings. The summed E-state index contributed by atoms with van der Waals surface area (Å²) in [4.78, 5) is 0. The van der Waals surface area contributed by atoms with Crippen LogP contribution >= 0.6 is 0 Å². The van der Waals surface area contributed by atoms with Crippen molar-refractivity contribution in [2.45, 2.75) is 19.9 Å². The van der Waals surface area contributed by atoms with Gasteiger partial charge in [0.25, 0.3) is 0 Å². The lowest BCUT2D eigenvalue weighted by Gasteiger charge is -2.09. The Bertz CT molecular complexity index is 685. The highest BCUT2D eigenvalue weighted by Crippen LogP contribution is 2.19. The Morgan fingerprint density at radius 3 is 2.55 bits per heavy atom. The molecule has 0 atom stereocenters. The lowest BCUT2D eigenvalue weighted by atomic mass is 10.2. The quantitative estimate of drug-likeness (QED) is 0.623. The van der Waals surface area contributed by atoms with E-state index in [2.05, 4.69) is 41.8 Å². The molecule has 0 aliphatic rings.